The molecule has 1 aliphatic carbocycles. The van der Waals surface area contributed by atoms with E-state index in [2.05, 4.69) is 16.8 Å². The maximum atomic E-state index is 12.8. The van der Waals surface area contributed by atoms with Crippen molar-refractivity contribution >= 4 is 11.8 Å². The van der Waals surface area contributed by atoms with E-state index in [1.165, 1.54) is 0 Å². The van der Waals surface area contributed by atoms with E-state index in [4.69, 9.17) is 4.74 Å². The molecule has 1 saturated carbocycles. The fourth-order valence-electron chi connectivity index (χ4n) is 5.10. The van der Waals surface area contributed by atoms with Gasteiger partial charge in [0.2, 0.25) is 5.91 Å². The molecule has 4 aliphatic rings. The third kappa shape index (κ3) is 3.32. The Kier molecular flexibility index (Phi) is 4.59. The number of hydrogen-bond donors (Lipinski definition) is 2. The lowest BCUT2D eigenvalue weighted by molar-refractivity contribution is -0.126. The van der Waals surface area contributed by atoms with Crippen molar-refractivity contribution in [3.63, 3.8) is 0 Å². The minimum atomic E-state index is -0.443. The summed E-state index contributed by atoms with van der Waals surface area (Å²) in [7, 11) is 0. The SMILES string of the molecule is C=C1CCC(N2Cc3cc(O[C@H]4CCC[C@H]4N4CC(O)C4)ccc3C2=O)C(=O)N1. The molecule has 0 radical (unpaired) electrons. The summed E-state index contributed by atoms with van der Waals surface area (Å²) in [6.45, 7) is 5.70. The number of β-amino-alcohol motifs (C(OH)–C–C–N with tert-alkyl or cyclic N) is 1. The number of carbonyl (C=O) groups excluding carboxylic acids is 2. The Labute approximate surface area is 170 Å². The summed E-state index contributed by atoms with van der Waals surface area (Å²) >= 11 is 0. The summed E-state index contributed by atoms with van der Waals surface area (Å²) in [4.78, 5) is 29.1. The van der Waals surface area contributed by atoms with Crippen LogP contribution in [0.15, 0.2) is 30.5 Å². The zero-order valence-corrected chi connectivity index (χ0v) is 16.5. The van der Waals surface area contributed by atoms with E-state index in [9.17, 15) is 14.7 Å². The highest BCUT2D eigenvalue weighted by atomic mass is 16.5. The van der Waals surface area contributed by atoms with Crippen LogP contribution in [-0.4, -0.2) is 64.1 Å². The maximum Gasteiger partial charge on any atom is 0.255 e. The largest absolute Gasteiger partial charge is 0.489 e. The fourth-order valence-corrected chi connectivity index (χ4v) is 5.10. The number of nitrogens with zero attached hydrogens (tertiary/aromatic N) is 2. The van der Waals surface area contributed by atoms with E-state index in [-0.39, 0.29) is 24.0 Å². The lowest BCUT2D eigenvalue weighted by Crippen LogP contribution is -2.58. The minimum absolute atomic E-state index is 0.0903. The third-order valence-electron chi connectivity index (χ3n) is 6.67. The average Bonchev–Trinajstić information content (AvgIpc) is 3.24. The molecule has 3 heterocycles. The number of nitrogens with one attached hydrogen (secondary N) is 1. The number of piperidine rings is 1. The zero-order chi connectivity index (χ0) is 20.1. The highest BCUT2D eigenvalue weighted by Crippen LogP contribution is 2.34. The molecule has 3 fully saturated rings. The Balaban J connectivity index is 1.29. The Hall–Kier alpha value is -2.38. The molecule has 0 bridgehead atoms. The van der Waals surface area contributed by atoms with Crippen molar-refractivity contribution in [2.45, 2.75) is 62.9 Å². The monoisotopic (exact) mass is 397 g/mol. The first-order valence-electron chi connectivity index (χ1n) is 10.5. The predicted molar refractivity (Wildman–Crippen MR) is 106 cm³/mol. The van der Waals surface area contributed by atoms with Crippen LogP contribution in [0.5, 0.6) is 5.75 Å². The first-order valence-corrected chi connectivity index (χ1v) is 10.5. The number of likely N-dealkylation sites (tertiary alicyclic amines) is 1. The van der Waals surface area contributed by atoms with E-state index in [0.717, 1.165) is 43.7 Å². The van der Waals surface area contributed by atoms with Gasteiger partial charge in [0.25, 0.3) is 5.91 Å². The minimum Gasteiger partial charge on any atom is -0.489 e. The van der Waals surface area contributed by atoms with Crippen LogP contribution in [0.3, 0.4) is 0 Å². The molecule has 2 amide bonds. The summed E-state index contributed by atoms with van der Waals surface area (Å²) in [5.74, 6) is 0.537. The van der Waals surface area contributed by atoms with Crippen molar-refractivity contribution in [3.8, 4) is 5.75 Å². The van der Waals surface area contributed by atoms with Crippen LogP contribution in [-0.2, 0) is 11.3 Å². The number of fused-ring (bicyclic) bond motifs is 1. The molecule has 2 N–H and O–H groups in total. The molecule has 0 aromatic heterocycles. The lowest BCUT2D eigenvalue weighted by Gasteiger charge is -2.42. The van der Waals surface area contributed by atoms with Gasteiger partial charge in [0.1, 0.15) is 17.9 Å². The van der Waals surface area contributed by atoms with Gasteiger partial charge < -0.3 is 20.1 Å². The van der Waals surface area contributed by atoms with Crippen molar-refractivity contribution in [2.24, 2.45) is 0 Å². The highest BCUT2D eigenvalue weighted by molar-refractivity contribution is 6.01. The molecule has 5 rings (SSSR count). The van der Waals surface area contributed by atoms with E-state index in [0.29, 0.717) is 36.7 Å². The maximum absolute atomic E-state index is 12.8. The molecule has 0 spiro atoms. The normalized spacial score (nSPS) is 30.3. The molecule has 29 heavy (non-hydrogen) atoms. The quantitative estimate of drug-likeness (QED) is 0.803. The van der Waals surface area contributed by atoms with Crippen molar-refractivity contribution in [3.05, 3.63) is 41.6 Å². The predicted octanol–water partition coefficient (Wildman–Crippen LogP) is 1.41. The number of benzene rings is 1. The molecular formula is C22H27N3O4. The number of aliphatic hydroxyl groups is 1. The van der Waals surface area contributed by atoms with Crippen LogP contribution in [0.2, 0.25) is 0 Å². The van der Waals surface area contributed by atoms with Crippen molar-refractivity contribution < 1.29 is 19.4 Å². The number of amides is 2. The Morgan fingerprint density at radius 1 is 1.17 bits per heavy atom. The summed E-state index contributed by atoms with van der Waals surface area (Å²) in [5.41, 5.74) is 2.29. The Morgan fingerprint density at radius 3 is 2.76 bits per heavy atom. The molecule has 3 aliphatic heterocycles. The van der Waals surface area contributed by atoms with Gasteiger partial charge in [-0.3, -0.25) is 14.5 Å². The van der Waals surface area contributed by atoms with Crippen LogP contribution in [0.4, 0.5) is 0 Å². The van der Waals surface area contributed by atoms with Crippen LogP contribution >= 0.6 is 0 Å². The molecule has 2 saturated heterocycles. The number of allylic oxidation sites excluding steroid dienone is 1. The van der Waals surface area contributed by atoms with Crippen LogP contribution in [0, 0.1) is 0 Å². The van der Waals surface area contributed by atoms with Gasteiger partial charge in [0, 0.05) is 36.9 Å². The summed E-state index contributed by atoms with van der Waals surface area (Å²) in [5, 5.41) is 12.4. The average molecular weight is 397 g/mol. The standard InChI is InChI=1S/C22H27N3O4/c1-13-5-8-19(21(27)23-13)25-10-14-9-16(6-7-17(14)22(25)28)29-20-4-2-3-18(20)24-11-15(26)12-24/h6-7,9,15,18-20,26H,1-5,8,10-12H2,(H,23,27)/t18-,19?,20+/m1/s1. The molecule has 1 aromatic rings. The smallest absolute Gasteiger partial charge is 0.255 e. The van der Waals surface area contributed by atoms with Crippen LogP contribution in [0.1, 0.15) is 48.0 Å². The summed E-state index contributed by atoms with van der Waals surface area (Å²) < 4.78 is 6.31. The number of aliphatic hydroxyl groups excluding tert-OH is 1. The second kappa shape index (κ2) is 7.15. The molecule has 154 valence electrons. The van der Waals surface area contributed by atoms with E-state index < -0.39 is 6.04 Å². The van der Waals surface area contributed by atoms with Gasteiger partial charge in [-0.05, 0) is 55.9 Å². The Bertz CT molecular complexity index is 864. The van der Waals surface area contributed by atoms with Crippen molar-refractivity contribution in [2.75, 3.05) is 13.1 Å². The molecule has 7 nitrogen and oxygen atoms in total. The molecule has 3 atom stereocenters. The molecule has 7 heteroatoms. The summed E-state index contributed by atoms with van der Waals surface area (Å²) in [6.07, 6.45) is 4.44. The van der Waals surface area contributed by atoms with Crippen LogP contribution in [0.25, 0.3) is 0 Å². The van der Waals surface area contributed by atoms with E-state index in [1.807, 2.05) is 18.2 Å². The van der Waals surface area contributed by atoms with Crippen molar-refractivity contribution in [1.29, 1.82) is 0 Å². The second-order valence-corrected chi connectivity index (χ2v) is 8.66. The first-order chi connectivity index (χ1) is 14.0. The Morgan fingerprint density at radius 2 is 2.00 bits per heavy atom. The van der Waals surface area contributed by atoms with Gasteiger partial charge in [-0.15, -0.1) is 0 Å². The number of carbonyl (C=O) groups is 2. The van der Waals surface area contributed by atoms with Crippen LogP contribution < -0.4 is 10.1 Å². The summed E-state index contributed by atoms with van der Waals surface area (Å²) in [6, 6.07) is 5.55. The van der Waals surface area contributed by atoms with Gasteiger partial charge in [-0.25, -0.2) is 0 Å². The lowest BCUT2D eigenvalue weighted by atomic mass is 10.0. The first kappa shape index (κ1) is 18.6. The fraction of sp³-hybridized carbons (Fsp3) is 0.545. The van der Waals surface area contributed by atoms with Gasteiger partial charge in [0.15, 0.2) is 0 Å². The topological polar surface area (TPSA) is 82.1 Å². The number of rotatable bonds is 4. The third-order valence-corrected chi connectivity index (χ3v) is 6.67. The van der Waals surface area contributed by atoms with Gasteiger partial charge in [0.05, 0.1) is 6.10 Å². The molecule has 1 unspecified atom stereocenters. The number of hydrogen-bond acceptors (Lipinski definition) is 5. The molecule has 1 aromatic carbocycles. The highest BCUT2D eigenvalue weighted by Gasteiger charge is 2.40. The van der Waals surface area contributed by atoms with Gasteiger partial charge in [-0.2, -0.15) is 0 Å². The van der Waals surface area contributed by atoms with Gasteiger partial charge >= 0.3 is 0 Å². The van der Waals surface area contributed by atoms with E-state index in [1.54, 1.807) is 4.90 Å². The zero-order valence-electron chi connectivity index (χ0n) is 16.5. The molecular weight excluding hydrogens is 370 g/mol. The second-order valence-electron chi connectivity index (χ2n) is 8.66. The number of ether oxygens (including phenoxy) is 1. The van der Waals surface area contributed by atoms with Gasteiger partial charge in [-0.1, -0.05) is 6.58 Å². The van der Waals surface area contributed by atoms with E-state index >= 15 is 0 Å². The van der Waals surface area contributed by atoms with Crippen molar-refractivity contribution in [1.82, 2.24) is 15.1 Å².